The fourth-order valence-corrected chi connectivity index (χ4v) is 4.69. The Balaban J connectivity index is 1.65. The normalized spacial score (nSPS) is 13.9. The van der Waals surface area contributed by atoms with Crippen LogP contribution in [0.25, 0.3) is 0 Å². The third-order valence-electron chi connectivity index (χ3n) is 4.98. The molecule has 0 saturated carbocycles. The van der Waals surface area contributed by atoms with Crippen molar-refractivity contribution >= 4 is 21.6 Å². The number of methoxy groups -OCH3 is 1. The maximum atomic E-state index is 12.7. The number of aryl methyl sites for hydroxylation is 1. The van der Waals surface area contributed by atoms with Crippen molar-refractivity contribution in [3.05, 3.63) is 48.0 Å². The maximum Gasteiger partial charge on any atom is 0.243 e. The number of rotatable bonds is 9. The predicted octanol–water partition coefficient (Wildman–Crippen LogP) is 2.37. The maximum absolute atomic E-state index is 12.7. The molecule has 2 aromatic carbocycles. The van der Waals surface area contributed by atoms with Crippen LogP contribution in [0.4, 0.5) is 5.69 Å². The lowest BCUT2D eigenvalue weighted by molar-refractivity contribution is -0.121. The molecule has 8 nitrogen and oxygen atoms in total. The molecule has 1 heterocycles. The number of fused-ring (bicyclic) bond motifs is 1. The lowest BCUT2D eigenvalue weighted by atomic mass is 10.1. The average Bonchev–Trinajstić information content (AvgIpc) is 2.75. The lowest BCUT2D eigenvalue weighted by Crippen LogP contribution is -2.48. The molecule has 9 heteroatoms. The Hall–Kier alpha value is -2.94. The van der Waals surface area contributed by atoms with E-state index in [4.69, 9.17) is 14.2 Å². The Morgan fingerprint density at radius 1 is 1.16 bits per heavy atom. The number of carbonyl (C=O) groups is 1. The van der Waals surface area contributed by atoms with Crippen LogP contribution in [0, 0.1) is 0 Å². The van der Waals surface area contributed by atoms with E-state index in [1.54, 1.807) is 32.2 Å². The van der Waals surface area contributed by atoms with Crippen LogP contribution in [-0.4, -0.2) is 53.5 Å². The van der Waals surface area contributed by atoms with Crippen LogP contribution in [0.2, 0.25) is 0 Å². The molecule has 1 amide bonds. The largest absolute Gasteiger partial charge is 0.496 e. The van der Waals surface area contributed by atoms with Gasteiger partial charge in [-0.25, -0.2) is 8.42 Å². The molecule has 3 rings (SSSR count). The number of hydrogen-bond acceptors (Lipinski definition) is 6. The van der Waals surface area contributed by atoms with Gasteiger partial charge >= 0.3 is 0 Å². The summed E-state index contributed by atoms with van der Waals surface area (Å²) in [4.78, 5) is 12.7. The molecule has 0 aliphatic carbocycles. The molecule has 0 fully saturated rings. The Kier molecular flexibility index (Phi) is 7.27. The number of para-hydroxylation sites is 1. The van der Waals surface area contributed by atoms with E-state index in [1.165, 1.54) is 0 Å². The summed E-state index contributed by atoms with van der Waals surface area (Å²) in [5.41, 5.74) is 1.41. The SMILES string of the molecule is COc1ccccc1CCCNC(=O)[C@H](C)N(c1ccc2c(c1)OCCO2)S(C)(=O)=O. The third-order valence-corrected chi connectivity index (χ3v) is 6.23. The molecule has 2 aromatic rings. The van der Waals surface area contributed by atoms with Crippen molar-refractivity contribution in [2.75, 3.05) is 37.4 Å². The number of hydrogen-bond donors (Lipinski definition) is 1. The molecule has 0 bridgehead atoms. The minimum atomic E-state index is -3.71. The summed E-state index contributed by atoms with van der Waals surface area (Å²) in [6.45, 7) is 2.81. The molecule has 1 N–H and O–H groups in total. The first-order chi connectivity index (χ1) is 14.8. The number of carbonyl (C=O) groups excluding carboxylic acids is 1. The lowest BCUT2D eigenvalue weighted by Gasteiger charge is -2.29. The van der Waals surface area contributed by atoms with Gasteiger partial charge in [0.1, 0.15) is 25.0 Å². The van der Waals surface area contributed by atoms with Gasteiger partial charge in [0.25, 0.3) is 0 Å². The number of sulfonamides is 1. The van der Waals surface area contributed by atoms with Crippen molar-refractivity contribution in [1.82, 2.24) is 5.32 Å². The molecule has 0 saturated heterocycles. The second kappa shape index (κ2) is 9.91. The molecule has 0 spiro atoms. The van der Waals surface area contributed by atoms with Crippen molar-refractivity contribution < 1.29 is 27.4 Å². The van der Waals surface area contributed by atoms with E-state index in [0.29, 0.717) is 43.4 Å². The first-order valence-electron chi connectivity index (χ1n) is 10.1. The van der Waals surface area contributed by atoms with Gasteiger partial charge in [0, 0.05) is 12.6 Å². The quantitative estimate of drug-likeness (QED) is 0.592. The Morgan fingerprint density at radius 2 is 1.87 bits per heavy atom. The number of benzene rings is 2. The van der Waals surface area contributed by atoms with E-state index in [-0.39, 0.29) is 5.91 Å². The number of amides is 1. The first-order valence-corrected chi connectivity index (χ1v) is 11.9. The molecule has 1 aliphatic heterocycles. The number of anilines is 1. The van der Waals surface area contributed by atoms with Crippen molar-refractivity contribution in [3.8, 4) is 17.2 Å². The van der Waals surface area contributed by atoms with Gasteiger partial charge in [0.2, 0.25) is 15.9 Å². The van der Waals surface area contributed by atoms with Crippen LogP contribution >= 0.6 is 0 Å². The fourth-order valence-electron chi connectivity index (χ4n) is 3.53. The summed E-state index contributed by atoms with van der Waals surface area (Å²) in [5.74, 6) is 1.45. The molecule has 0 unspecified atom stereocenters. The number of ether oxygens (including phenoxy) is 3. The molecular formula is C22H28N2O6S. The molecule has 0 radical (unpaired) electrons. The van der Waals surface area contributed by atoms with Gasteiger partial charge in [0.15, 0.2) is 11.5 Å². The molecule has 168 valence electrons. The molecule has 31 heavy (non-hydrogen) atoms. The van der Waals surface area contributed by atoms with Gasteiger partial charge < -0.3 is 19.5 Å². The second-order valence-electron chi connectivity index (χ2n) is 7.27. The smallest absolute Gasteiger partial charge is 0.243 e. The first kappa shape index (κ1) is 22.7. The highest BCUT2D eigenvalue weighted by atomic mass is 32.2. The summed E-state index contributed by atoms with van der Waals surface area (Å²) in [6.07, 6.45) is 2.51. The van der Waals surface area contributed by atoms with Gasteiger partial charge in [-0.15, -0.1) is 0 Å². The standard InChI is InChI=1S/C22H28N2O6S/c1-16(22(25)23-12-6-8-17-7-4-5-9-19(17)28-2)24(31(3,26)27)18-10-11-20-21(15-18)30-14-13-29-20/h4-5,7,9-11,15-16H,6,8,12-14H2,1-3H3,(H,23,25)/t16-/m0/s1. The van der Waals surface area contributed by atoms with Crippen LogP contribution in [0.3, 0.4) is 0 Å². The monoisotopic (exact) mass is 448 g/mol. The van der Waals surface area contributed by atoms with Crippen molar-refractivity contribution in [2.24, 2.45) is 0 Å². The highest BCUT2D eigenvalue weighted by molar-refractivity contribution is 7.92. The van der Waals surface area contributed by atoms with E-state index >= 15 is 0 Å². The molecular weight excluding hydrogens is 420 g/mol. The fraction of sp³-hybridized carbons (Fsp3) is 0.409. The topological polar surface area (TPSA) is 94.2 Å². The number of nitrogens with zero attached hydrogens (tertiary/aromatic N) is 1. The van der Waals surface area contributed by atoms with Gasteiger partial charge in [0.05, 0.1) is 19.1 Å². The second-order valence-corrected chi connectivity index (χ2v) is 9.13. The average molecular weight is 449 g/mol. The van der Waals surface area contributed by atoms with E-state index in [1.807, 2.05) is 24.3 Å². The molecule has 0 aromatic heterocycles. The minimum Gasteiger partial charge on any atom is -0.496 e. The molecule has 1 atom stereocenters. The summed E-state index contributed by atoms with van der Waals surface area (Å²) >= 11 is 0. The predicted molar refractivity (Wildman–Crippen MR) is 119 cm³/mol. The Morgan fingerprint density at radius 3 is 2.58 bits per heavy atom. The number of nitrogens with one attached hydrogen (secondary N) is 1. The van der Waals surface area contributed by atoms with Gasteiger partial charge in [-0.1, -0.05) is 18.2 Å². The van der Waals surface area contributed by atoms with Crippen molar-refractivity contribution in [2.45, 2.75) is 25.8 Å². The van der Waals surface area contributed by atoms with Crippen molar-refractivity contribution in [1.29, 1.82) is 0 Å². The van der Waals surface area contributed by atoms with Crippen LogP contribution in [0.15, 0.2) is 42.5 Å². The Bertz CT molecular complexity index is 1020. The highest BCUT2D eigenvalue weighted by Gasteiger charge is 2.30. The third kappa shape index (κ3) is 5.61. The van der Waals surface area contributed by atoms with Crippen LogP contribution in [0.5, 0.6) is 17.2 Å². The van der Waals surface area contributed by atoms with Crippen molar-refractivity contribution in [3.63, 3.8) is 0 Å². The van der Waals surface area contributed by atoms with E-state index in [0.717, 1.165) is 28.3 Å². The zero-order valence-corrected chi connectivity index (χ0v) is 18.8. The summed E-state index contributed by atoms with van der Waals surface area (Å²) in [5, 5.41) is 2.83. The Labute approximate surface area is 183 Å². The zero-order valence-electron chi connectivity index (χ0n) is 18.0. The van der Waals surface area contributed by atoms with Crippen LogP contribution < -0.4 is 23.8 Å². The zero-order chi connectivity index (χ0) is 22.4. The summed E-state index contributed by atoms with van der Waals surface area (Å²) in [7, 11) is -2.09. The van der Waals surface area contributed by atoms with Gasteiger partial charge in [-0.3, -0.25) is 9.10 Å². The van der Waals surface area contributed by atoms with Crippen LogP contribution in [-0.2, 0) is 21.2 Å². The summed E-state index contributed by atoms with van der Waals surface area (Å²) < 4.78 is 42.5. The van der Waals surface area contributed by atoms with E-state index in [2.05, 4.69) is 5.32 Å². The van der Waals surface area contributed by atoms with Crippen LogP contribution in [0.1, 0.15) is 18.9 Å². The van der Waals surface area contributed by atoms with E-state index < -0.39 is 16.1 Å². The highest BCUT2D eigenvalue weighted by Crippen LogP contribution is 2.35. The van der Waals surface area contributed by atoms with Gasteiger partial charge in [-0.2, -0.15) is 0 Å². The summed E-state index contributed by atoms with van der Waals surface area (Å²) in [6, 6.07) is 11.6. The van der Waals surface area contributed by atoms with E-state index in [9.17, 15) is 13.2 Å². The minimum absolute atomic E-state index is 0.350. The molecule has 1 aliphatic rings. The van der Waals surface area contributed by atoms with Gasteiger partial charge in [-0.05, 0) is 43.5 Å².